The van der Waals surface area contributed by atoms with Gasteiger partial charge in [0.1, 0.15) is 5.82 Å². The van der Waals surface area contributed by atoms with Crippen LogP contribution in [-0.4, -0.2) is 31.7 Å². The molecule has 0 spiro atoms. The number of thiophene rings is 1. The predicted molar refractivity (Wildman–Crippen MR) is 122 cm³/mol. The number of nitrogens with zero attached hydrogens (tertiary/aromatic N) is 2. The highest BCUT2D eigenvalue weighted by molar-refractivity contribution is 7.09. The number of aromatic nitrogens is 2. The summed E-state index contributed by atoms with van der Waals surface area (Å²) < 4.78 is 2.02. The zero-order valence-corrected chi connectivity index (χ0v) is 18.4. The lowest BCUT2D eigenvalue weighted by Gasteiger charge is -2.13. The van der Waals surface area contributed by atoms with E-state index in [9.17, 15) is 14.7 Å². The summed E-state index contributed by atoms with van der Waals surface area (Å²) in [5.41, 5.74) is 2.20. The Hall–Kier alpha value is -3.19. The van der Waals surface area contributed by atoms with Gasteiger partial charge in [-0.2, -0.15) is 0 Å². The molecule has 0 amide bonds. The average Bonchev–Trinajstić information content (AvgIpc) is 3.37. The number of carboxylic acids is 2. The number of aliphatic carboxylic acids is 1. The van der Waals surface area contributed by atoms with Gasteiger partial charge in [0.15, 0.2) is 0 Å². The van der Waals surface area contributed by atoms with Gasteiger partial charge >= 0.3 is 11.9 Å². The monoisotopic (exact) mass is 438 g/mol. The SMILES string of the molecule is CC(C)CCc1ncc(/C=C(\Cc2cccs2)C(=O)O)n1Cc1ccc(C(=O)O)cc1. The topological polar surface area (TPSA) is 92.4 Å². The van der Waals surface area contributed by atoms with E-state index in [0.29, 0.717) is 24.5 Å². The van der Waals surface area contributed by atoms with E-state index in [1.54, 1.807) is 36.5 Å². The maximum absolute atomic E-state index is 11.9. The summed E-state index contributed by atoms with van der Waals surface area (Å²) >= 11 is 1.53. The van der Waals surface area contributed by atoms with Gasteiger partial charge in [0.25, 0.3) is 0 Å². The Labute approximate surface area is 185 Å². The van der Waals surface area contributed by atoms with Crippen LogP contribution in [0.1, 0.15) is 52.6 Å². The molecule has 7 heteroatoms. The molecule has 1 aromatic carbocycles. The van der Waals surface area contributed by atoms with Crippen LogP contribution in [0.5, 0.6) is 0 Å². The molecule has 0 aliphatic rings. The Morgan fingerprint density at radius 3 is 2.48 bits per heavy atom. The Balaban J connectivity index is 1.95. The van der Waals surface area contributed by atoms with E-state index in [1.165, 1.54) is 11.3 Å². The minimum atomic E-state index is -0.963. The Bertz CT molecular complexity index is 1060. The second-order valence-electron chi connectivity index (χ2n) is 7.85. The first-order valence-corrected chi connectivity index (χ1v) is 11.0. The minimum absolute atomic E-state index is 0.235. The number of hydrogen-bond acceptors (Lipinski definition) is 4. The average molecular weight is 439 g/mol. The molecule has 0 saturated carbocycles. The first-order chi connectivity index (χ1) is 14.8. The van der Waals surface area contributed by atoms with Gasteiger partial charge in [-0.15, -0.1) is 11.3 Å². The second kappa shape index (κ2) is 10.2. The molecule has 2 aromatic heterocycles. The van der Waals surface area contributed by atoms with E-state index in [4.69, 9.17) is 5.11 Å². The van der Waals surface area contributed by atoms with Crippen molar-refractivity contribution < 1.29 is 19.8 Å². The molecule has 0 aliphatic heterocycles. The third kappa shape index (κ3) is 6.15. The van der Waals surface area contributed by atoms with Gasteiger partial charge in [0, 0.05) is 29.8 Å². The van der Waals surface area contributed by atoms with Crippen LogP contribution in [0.3, 0.4) is 0 Å². The summed E-state index contributed by atoms with van der Waals surface area (Å²) in [6.45, 7) is 4.80. The quantitative estimate of drug-likeness (QED) is 0.435. The Morgan fingerprint density at radius 1 is 1.16 bits per heavy atom. The van der Waals surface area contributed by atoms with Crippen LogP contribution in [0, 0.1) is 5.92 Å². The van der Waals surface area contributed by atoms with Crippen molar-refractivity contribution in [2.24, 2.45) is 5.92 Å². The molecule has 0 bridgehead atoms. The number of carbonyl (C=O) groups is 2. The van der Waals surface area contributed by atoms with E-state index in [-0.39, 0.29) is 5.56 Å². The van der Waals surface area contributed by atoms with Crippen molar-refractivity contribution >= 4 is 29.4 Å². The molecule has 31 heavy (non-hydrogen) atoms. The lowest BCUT2D eigenvalue weighted by molar-refractivity contribution is -0.132. The fourth-order valence-electron chi connectivity index (χ4n) is 3.25. The van der Waals surface area contributed by atoms with Crippen LogP contribution in [0.15, 0.2) is 53.5 Å². The van der Waals surface area contributed by atoms with Crippen molar-refractivity contribution in [3.63, 3.8) is 0 Å². The minimum Gasteiger partial charge on any atom is -0.478 e. The number of rotatable bonds is 10. The van der Waals surface area contributed by atoms with Crippen LogP contribution in [0.4, 0.5) is 0 Å². The highest BCUT2D eigenvalue weighted by Crippen LogP contribution is 2.20. The van der Waals surface area contributed by atoms with Crippen molar-refractivity contribution in [2.75, 3.05) is 0 Å². The highest BCUT2D eigenvalue weighted by atomic mass is 32.1. The maximum Gasteiger partial charge on any atom is 0.335 e. The van der Waals surface area contributed by atoms with Crippen molar-refractivity contribution in [2.45, 2.75) is 39.7 Å². The number of hydrogen-bond donors (Lipinski definition) is 2. The summed E-state index contributed by atoms with van der Waals surface area (Å²) in [5.74, 6) is -0.499. The standard InChI is InChI=1S/C24H26N2O4S/c1-16(2)5-10-22-25-14-20(12-19(24(29)30)13-21-4-3-11-31-21)26(22)15-17-6-8-18(9-7-17)23(27)28/h3-4,6-9,11-12,14,16H,5,10,13,15H2,1-2H3,(H,27,28)(H,29,30)/b19-12+. The summed E-state index contributed by atoms with van der Waals surface area (Å²) in [5, 5.41) is 20.8. The number of carboxylic acid groups (broad SMARTS) is 2. The zero-order chi connectivity index (χ0) is 22.4. The fraction of sp³-hybridized carbons (Fsp3) is 0.292. The fourth-order valence-corrected chi connectivity index (χ4v) is 3.98. The molecule has 3 aromatic rings. The molecule has 0 aliphatic carbocycles. The van der Waals surface area contributed by atoms with Crippen LogP contribution >= 0.6 is 11.3 Å². The van der Waals surface area contributed by atoms with Gasteiger partial charge in [-0.05, 0) is 47.6 Å². The molecular weight excluding hydrogens is 412 g/mol. The molecule has 2 N–H and O–H groups in total. The van der Waals surface area contributed by atoms with E-state index < -0.39 is 11.9 Å². The van der Waals surface area contributed by atoms with E-state index in [0.717, 1.165) is 34.8 Å². The zero-order valence-electron chi connectivity index (χ0n) is 17.6. The molecule has 162 valence electrons. The van der Waals surface area contributed by atoms with Crippen molar-refractivity contribution in [1.29, 1.82) is 0 Å². The van der Waals surface area contributed by atoms with Crippen LogP contribution < -0.4 is 0 Å². The number of aryl methyl sites for hydroxylation is 1. The second-order valence-corrected chi connectivity index (χ2v) is 8.88. The molecule has 2 heterocycles. The first kappa shape index (κ1) is 22.5. The molecule has 6 nitrogen and oxygen atoms in total. The molecule has 3 rings (SSSR count). The van der Waals surface area contributed by atoms with Crippen LogP contribution in [0.25, 0.3) is 6.08 Å². The maximum atomic E-state index is 11.9. The summed E-state index contributed by atoms with van der Waals surface area (Å²) in [7, 11) is 0. The normalized spacial score (nSPS) is 11.8. The number of imidazole rings is 1. The van der Waals surface area contributed by atoms with Gasteiger partial charge < -0.3 is 14.8 Å². The van der Waals surface area contributed by atoms with Gasteiger partial charge in [0.05, 0.1) is 17.5 Å². The van der Waals surface area contributed by atoms with Crippen molar-refractivity contribution in [3.8, 4) is 0 Å². The summed E-state index contributed by atoms with van der Waals surface area (Å²) in [4.78, 5) is 28.6. The smallest absolute Gasteiger partial charge is 0.335 e. The Morgan fingerprint density at radius 2 is 1.90 bits per heavy atom. The van der Waals surface area contributed by atoms with Crippen LogP contribution in [-0.2, 0) is 24.2 Å². The van der Waals surface area contributed by atoms with E-state index in [1.807, 2.05) is 22.1 Å². The summed E-state index contributed by atoms with van der Waals surface area (Å²) in [6, 6.07) is 10.6. The lowest BCUT2D eigenvalue weighted by atomic mass is 10.1. The van der Waals surface area contributed by atoms with Gasteiger partial charge in [-0.25, -0.2) is 14.6 Å². The first-order valence-electron chi connectivity index (χ1n) is 10.2. The van der Waals surface area contributed by atoms with Crippen molar-refractivity contribution in [1.82, 2.24) is 9.55 Å². The van der Waals surface area contributed by atoms with Gasteiger partial charge in [-0.1, -0.05) is 32.0 Å². The molecular formula is C24H26N2O4S. The molecule has 0 fully saturated rings. The third-order valence-corrected chi connectivity index (χ3v) is 5.87. The number of aromatic carboxylic acids is 1. The van der Waals surface area contributed by atoms with Gasteiger partial charge in [-0.3, -0.25) is 0 Å². The van der Waals surface area contributed by atoms with Crippen LogP contribution in [0.2, 0.25) is 0 Å². The van der Waals surface area contributed by atoms with Gasteiger partial charge in [0.2, 0.25) is 0 Å². The number of benzene rings is 1. The predicted octanol–water partition coefficient (Wildman–Crippen LogP) is 4.99. The lowest BCUT2D eigenvalue weighted by Crippen LogP contribution is -2.10. The third-order valence-electron chi connectivity index (χ3n) is 5.00. The molecule has 0 radical (unpaired) electrons. The van der Waals surface area contributed by atoms with Crippen molar-refractivity contribution in [3.05, 3.63) is 81.1 Å². The molecule has 0 saturated heterocycles. The van der Waals surface area contributed by atoms with E-state index >= 15 is 0 Å². The molecule has 0 atom stereocenters. The highest BCUT2D eigenvalue weighted by Gasteiger charge is 2.15. The van der Waals surface area contributed by atoms with E-state index in [2.05, 4.69) is 18.8 Å². The molecule has 0 unspecified atom stereocenters. The Kier molecular flexibility index (Phi) is 7.41. The summed E-state index contributed by atoms with van der Waals surface area (Å²) in [6.07, 6.45) is 5.52. The largest absolute Gasteiger partial charge is 0.478 e.